The summed E-state index contributed by atoms with van der Waals surface area (Å²) in [6.07, 6.45) is 0. The van der Waals surface area contributed by atoms with E-state index in [4.69, 9.17) is 0 Å². The summed E-state index contributed by atoms with van der Waals surface area (Å²) in [6, 6.07) is 0. The molecule has 0 aromatic heterocycles. The van der Waals surface area contributed by atoms with Gasteiger partial charge in [0.05, 0.1) is 0 Å². The molecule has 7 nitrogen and oxygen atoms in total. The Morgan fingerprint density at radius 3 is 0.273 bits per heavy atom. The van der Waals surface area contributed by atoms with Crippen LogP contribution in [0.1, 0.15) is 0 Å². The van der Waals surface area contributed by atoms with Gasteiger partial charge in [-0.3, -0.25) is 0 Å². The van der Waals surface area contributed by atoms with Gasteiger partial charge in [0.15, 0.2) is 0 Å². The fourth-order valence-corrected chi connectivity index (χ4v) is 0. The van der Waals surface area contributed by atoms with Crippen LogP contribution in [0.2, 0.25) is 0 Å². The van der Waals surface area contributed by atoms with Gasteiger partial charge in [0.1, 0.15) is 0 Å². The maximum Gasteiger partial charge on any atom is 4.00 e. The summed E-state index contributed by atoms with van der Waals surface area (Å²) in [4.78, 5) is 0. The van der Waals surface area contributed by atoms with E-state index in [-0.39, 0.29) is 152 Å². The van der Waals surface area contributed by atoms with Crippen LogP contribution in [0.3, 0.4) is 0 Å². The van der Waals surface area contributed by atoms with Crippen LogP contribution >= 0.6 is 0 Å². The van der Waals surface area contributed by atoms with E-state index < -0.39 is 0 Å². The molecule has 0 atom stereocenters. The average molecular weight is 688 g/mol. The summed E-state index contributed by atoms with van der Waals surface area (Å²) in [5.41, 5.74) is 0. The summed E-state index contributed by atoms with van der Waals surface area (Å²) in [5, 5.41) is 0. The molecule has 11 heteroatoms. The van der Waals surface area contributed by atoms with Crippen molar-refractivity contribution in [1.29, 1.82) is 0 Å². The van der Waals surface area contributed by atoms with Crippen LogP contribution in [0.4, 0.5) is 0 Å². The van der Waals surface area contributed by atoms with Crippen LogP contribution in [0, 0.1) is 79.9 Å². The Labute approximate surface area is 149 Å². The monoisotopic (exact) mass is 688 g/mol. The minimum Gasteiger partial charge on any atom is -2.00 e. The van der Waals surface area contributed by atoms with Crippen molar-refractivity contribution < 1.29 is 152 Å². The number of rotatable bonds is 0. The minimum atomic E-state index is 0. The zero-order valence-corrected chi connectivity index (χ0v) is 15.0. The predicted molar refractivity (Wildman–Crippen MR) is 4.81 cm³/mol. The van der Waals surface area contributed by atoms with E-state index in [1.165, 1.54) is 0 Å². The SMILES string of the molecule is [Fe+3].[Fe+3].[O-2].[O-2].[O-2].[O-2].[O-2].[O-2].[O-2].[Th+4].[Th+4]. The first-order valence-corrected chi connectivity index (χ1v) is 0. The third kappa shape index (κ3) is 150. The molecular formula is Fe2O7Th2. The molecule has 0 rings (SSSR count). The van der Waals surface area contributed by atoms with Crippen LogP contribution in [0.25, 0.3) is 0 Å². The molecule has 0 aliphatic heterocycles. The molecule has 0 aromatic carbocycles. The van der Waals surface area contributed by atoms with E-state index in [2.05, 4.69) is 0 Å². The van der Waals surface area contributed by atoms with Gasteiger partial charge in [-0.15, -0.1) is 0 Å². The van der Waals surface area contributed by atoms with Crippen molar-refractivity contribution in [3.05, 3.63) is 0 Å². The third-order valence-electron chi connectivity index (χ3n) is 0. The van der Waals surface area contributed by atoms with Crippen LogP contribution in [-0.4, -0.2) is 0 Å². The minimum absolute atomic E-state index is 0. The van der Waals surface area contributed by atoms with Crippen LogP contribution in [0.5, 0.6) is 0 Å². The van der Waals surface area contributed by atoms with Gasteiger partial charge in [-0.25, -0.2) is 0 Å². The van der Waals surface area contributed by atoms with Crippen molar-refractivity contribution >= 4 is 0 Å². The van der Waals surface area contributed by atoms with Gasteiger partial charge in [-0.2, -0.15) is 0 Å². The van der Waals surface area contributed by atoms with Crippen molar-refractivity contribution in [1.82, 2.24) is 0 Å². The van der Waals surface area contributed by atoms with E-state index in [0.29, 0.717) is 0 Å². The van der Waals surface area contributed by atoms with E-state index in [1.54, 1.807) is 0 Å². The van der Waals surface area contributed by atoms with Gasteiger partial charge in [-0.1, -0.05) is 0 Å². The van der Waals surface area contributed by atoms with Crippen molar-refractivity contribution in [3.63, 3.8) is 0 Å². The Morgan fingerprint density at radius 1 is 0.273 bits per heavy atom. The zero-order valence-electron chi connectivity index (χ0n) is 4.56. The zero-order chi connectivity index (χ0) is 0. The van der Waals surface area contributed by atoms with Crippen molar-refractivity contribution in [2.45, 2.75) is 0 Å². The van der Waals surface area contributed by atoms with Gasteiger partial charge < -0.3 is 38.3 Å². The van der Waals surface area contributed by atoms with Gasteiger partial charge in [-0.05, 0) is 0 Å². The van der Waals surface area contributed by atoms with Crippen LogP contribution in [-0.2, 0) is 72.5 Å². The fraction of sp³-hybridized carbons (Fsp3) is 0. The maximum absolute atomic E-state index is 0. The van der Waals surface area contributed by atoms with E-state index >= 15 is 0 Å². The van der Waals surface area contributed by atoms with Crippen molar-refractivity contribution in [2.24, 2.45) is 0 Å². The molecule has 0 aromatic rings. The Balaban J connectivity index is 0. The average Bonchev–Trinajstić information content (AvgIpc) is 0. The van der Waals surface area contributed by atoms with Crippen molar-refractivity contribution in [3.8, 4) is 0 Å². The molecule has 0 unspecified atom stereocenters. The molecular weight excluding hydrogens is 688 g/mol. The molecule has 11 heavy (non-hydrogen) atoms. The molecule has 0 spiro atoms. The van der Waals surface area contributed by atoms with Gasteiger partial charge in [0.25, 0.3) is 0 Å². The van der Waals surface area contributed by atoms with E-state index in [9.17, 15) is 0 Å². The van der Waals surface area contributed by atoms with Crippen LogP contribution in [0.15, 0.2) is 0 Å². The van der Waals surface area contributed by atoms with E-state index in [0.717, 1.165) is 0 Å². The normalized spacial score (nSPS) is 0. The summed E-state index contributed by atoms with van der Waals surface area (Å²) in [5.74, 6) is 0. The van der Waals surface area contributed by atoms with Gasteiger partial charge >= 0.3 is 114 Å². The third-order valence-corrected chi connectivity index (χ3v) is 0. The van der Waals surface area contributed by atoms with Crippen molar-refractivity contribution in [2.75, 3.05) is 0 Å². The first-order chi connectivity index (χ1) is 0. The van der Waals surface area contributed by atoms with Gasteiger partial charge in [0.2, 0.25) is 0 Å². The second-order valence-electron chi connectivity index (χ2n) is 0. The molecule has 0 N–H and O–H groups in total. The Morgan fingerprint density at radius 2 is 0.273 bits per heavy atom. The molecule has 0 amide bonds. The standard InChI is InChI=1S/2Fe.7O.2Th/q2*+3;7*-2;2*+4. The molecule has 0 aliphatic rings. The predicted octanol–water partition coefficient (Wildman–Crippen LogP) is -0.837. The second-order valence-corrected chi connectivity index (χ2v) is 0. The smallest absolute Gasteiger partial charge is 2.00 e. The molecule has 0 aliphatic carbocycles. The Kier molecular flexibility index (Phi) is 3600. The fourth-order valence-electron chi connectivity index (χ4n) is 0. The first kappa shape index (κ1) is 223. The van der Waals surface area contributed by atoms with E-state index in [1.807, 2.05) is 0 Å². The topological polar surface area (TPSA) is 200 Å². The quantitative estimate of drug-likeness (QED) is 0.287. The number of hydrogen-bond donors (Lipinski definition) is 0. The second kappa shape index (κ2) is 178. The molecule has 0 bridgehead atoms. The van der Waals surface area contributed by atoms with Gasteiger partial charge in [0, 0.05) is 0 Å². The summed E-state index contributed by atoms with van der Waals surface area (Å²) < 4.78 is 0. The number of hydrogen-bond acceptors (Lipinski definition) is 0. The summed E-state index contributed by atoms with van der Waals surface area (Å²) in [6.45, 7) is 0. The molecule has 0 fully saturated rings. The first-order valence-electron chi connectivity index (χ1n) is 0. The van der Waals surface area contributed by atoms with Crippen LogP contribution < -0.4 is 0 Å². The summed E-state index contributed by atoms with van der Waals surface area (Å²) in [7, 11) is 0. The largest absolute Gasteiger partial charge is 4.00 e. The molecule has 0 heterocycles. The maximum atomic E-state index is 0. The molecule has 66 valence electrons. The Hall–Kier alpha value is 3.41. The molecule has 0 saturated heterocycles. The molecule has 2 radical (unpaired) electrons. The summed E-state index contributed by atoms with van der Waals surface area (Å²) >= 11 is 0. The molecule has 0 saturated carbocycles. The Bertz CT molecular complexity index is 14.4.